The van der Waals surface area contributed by atoms with Gasteiger partial charge in [-0.25, -0.2) is 0 Å². The highest BCUT2D eigenvalue weighted by Crippen LogP contribution is 2.16. The molecule has 4 nitrogen and oxygen atoms in total. The van der Waals surface area contributed by atoms with Gasteiger partial charge < -0.3 is 10.2 Å². The Morgan fingerprint density at radius 1 is 1.33 bits per heavy atom. The highest BCUT2D eigenvalue weighted by molar-refractivity contribution is 5.78. The molecule has 0 aliphatic carbocycles. The summed E-state index contributed by atoms with van der Waals surface area (Å²) in [4.78, 5) is 24.2. The smallest absolute Gasteiger partial charge is 0.224 e. The van der Waals surface area contributed by atoms with E-state index in [0.29, 0.717) is 13.0 Å². The maximum absolute atomic E-state index is 11.7. The van der Waals surface area contributed by atoms with Crippen LogP contribution in [0.25, 0.3) is 0 Å². The lowest BCUT2D eigenvalue weighted by Gasteiger charge is -2.30. The summed E-state index contributed by atoms with van der Waals surface area (Å²) in [5.74, 6) is 0.829. The van der Waals surface area contributed by atoms with Gasteiger partial charge in [0.1, 0.15) is 0 Å². The van der Waals surface area contributed by atoms with Gasteiger partial charge in [-0.05, 0) is 18.8 Å². The monoisotopic (exact) mass is 212 g/mol. The van der Waals surface area contributed by atoms with Crippen LogP contribution in [0.4, 0.5) is 0 Å². The number of hydrogen-bond acceptors (Lipinski definition) is 2. The van der Waals surface area contributed by atoms with Crippen molar-refractivity contribution < 1.29 is 9.59 Å². The second kappa shape index (κ2) is 5.73. The van der Waals surface area contributed by atoms with E-state index in [2.05, 4.69) is 12.2 Å². The first-order chi connectivity index (χ1) is 7.09. The van der Waals surface area contributed by atoms with Crippen molar-refractivity contribution in [1.82, 2.24) is 10.2 Å². The van der Waals surface area contributed by atoms with Gasteiger partial charge in [-0.1, -0.05) is 6.92 Å². The number of hydrogen-bond donors (Lipinski definition) is 1. The van der Waals surface area contributed by atoms with E-state index in [1.54, 1.807) is 0 Å². The van der Waals surface area contributed by atoms with Gasteiger partial charge in [-0.15, -0.1) is 0 Å². The van der Waals surface area contributed by atoms with Crippen molar-refractivity contribution in [2.75, 3.05) is 19.6 Å². The van der Waals surface area contributed by atoms with Gasteiger partial charge in [0.2, 0.25) is 11.8 Å². The van der Waals surface area contributed by atoms with E-state index in [4.69, 9.17) is 0 Å². The third-order valence-corrected chi connectivity index (χ3v) is 2.85. The van der Waals surface area contributed by atoms with Crippen LogP contribution in [-0.2, 0) is 9.59 Å². The molecule has 0 aromatic rings. The van der Waals surface area contributed by atoms with Crippen LogP contribution in [0.1, 0.15) is 33.1 Å². The maximum Gasteiger partial charge on any atom is 0.224 e. The van der Waals surface area contributed by atoms with Crippen molar-refractivity contribution in [3.63, 3.8) is 0 Å². The van der Waals surface area contributed by atoms with Crippen LogP contribution >= 0.6 is 0 Å². The highest BCUT2D eigenvalue weighted by Gasteiger charge is 2.19. The largest absolute Gasteiger partial charge is 0.356 e. The van der Waals surface area contributed by atoms with Crippen LogP contribution in [0.5, 0.6) is 0 Å². The molecule has 0 bridgehead atoms. The normalized spacial score (nSPS) is 17.6. The molecule has 86 valence electrons. The molecular formula is C11H20N2O2. The maximum atomic E-state index is 11.7. The van der Waals surface area contributed by atoms with Crippen molar-refractivity contribution in [1.29, 1.82) is 0 Å². The van der Waals surface area contributed by atoms with E-state index in [-0.39, 0.29) is 11.8 Å². The van der Waals surface area contributed by atoms with Gasteiger partial charge in [-0.2, -0.15) is 0 Å². The summed E-state index contributed by atoms with van der Waals surface area (Å²) < 4.78 is 0. The number of nitrogens with zero attached hydrogens (tertiary/aromatic N) is 1. The number of rotatable bonds is 3. The molecule has 1 rings (SSSR count). The molecule has 0 saturated carbocycles. The molecule has 0 radical (unpaired) electrons. The number of piperidine rings is 1. The Kier molecular flexibility index (Phi) is 4.59. The van der Waals surface area contributed by atoms with Crippen LogP contribution in [-0.4, -0.2) is 36.3 Å². The summed E-state index contributed by atoms with van der Waals surface area (Å²) in [6.45, 7) is 5.90. The van der Waals surface area contributed by atoms with Gasteiger partial charge in [0.05, 0.1) is 0 Å². The summed E-state index contributed by atoms with van der Waals surface area (Å²) in [5, 5.41) is 2.64. The summed E-state index contributed by atoms with van der Waals surface area (Å²) >= 11 is 0. The molecule has 4 heteroatoms. The van der Waals surface area contributed by atoms with Crippen LogP contribution in [0, 0.1) is 5.92 Å². The lowest BCUT2D eigenvalue weighted by molar-refractivity contribution is -0.132. The zero-order valence-corrected chi connectivity index (χ0v) is 9.58. The lowest BCUT2D eigenvalue weighted by Crippen LogP contribution is -2.39. The topological polar surface area (TPSA) is 49.4 Å². The molecule has 0 aromatic carbocycles. The third kappa shape index (κ3) is 4.32. The van der Waals surface area contributed by atoms with E-state index >= 15 is 0 Å². The fourth-order valence-electron chi connectivity index (χ4n) is 1.76. The van der Waals surface area contributed by atoms with Crippen molar-refractivity contribution >= 4 is 11.8 Å². The average molecular weight is 212 g/mol. The molecule has 2 amide bonds. The van der Waals surface area contributed by atoms with E-state index in [0.717, 1.165) is 31.8 Å². The predicted molar refractivity (Wildman–Crippen MR) is 58.3 cm³/mol. The Morgan fingerprint density at radius 3 is 2.47 bits per heavy atom. The van der Waals surface area contributed by atoms with Crippen LogP contribution in [0.2, 0.25) is 0 Å². The molecule has 1 aliphatic rings. The number of carbonyl (C=O) groups excluding carboxylic acids is 2. The standard InChI is InChI=1S/C11H20N2O2/c1-9-4-7-13(8-5-9)11(15)3-6-12-10(2)14/h9H,3-8H2,1-2H3,(H,12,14). The number of nitrogens with one attached hydrogen (secondary N) is 1. The van der Waals surface area contributed by atoms with Crippen LogP contribution in [0.3, 0.4) is 0 Å². The molecule has 0 aromatic heterocycles. The minimum Gasteiger partial charge on any atom is -0.356 e. The van der Waals surface area contributed by atoms with Crippen molar-refractivity contribution in [2.45, 2.75) is 33.1 Å². The lowest BCUT2D eigenvalue weighted by atomic mass is 9.99. The molecule has 1 saturated heterocycles. The summed E-state index contributed by atoms with van der Waals surface area (Å²) in [6, 6.07) is 0. The molecule has 1 heterocycles. The first kappa shape index (κ1) is 12.0. The quantitative estimate of drug-likeness (QED) is 0.751. The van der Waals surface area contributed by atoms with Gasteiger partial charge in [-0.3, -0.25) is 9.59 Å². The molecule has 1 aliphatic heterocycles. The van der Waals surface area contributed by atoms with E-state index in [9.17, 15) is 9.59 Å². The Labute approximate surface area is 91.0 Å². The fraction of sp³-hybridized carbons (Fsp3) is 0.818. The van der Waals surface area contributed by atoms with Gasteiger partial charge in [0, 0.05) is 33.0 Å². The van der Waals surface area contributed by atoms with Gasteiger partial charge >= 0.3 is 0 Å². The van der Waals surface area contributed by atoms with Gasteiger partial charge in [0.25, 0.3) is 0 Å². The molecule has 0 atom stereocenters. The molecular weight excluding hydrogens is 192 g/mol. The SMILES string of the molecule is CC(=O)NCCC(=O)N1CCC(C)CC1. The molecule has 1 fully saturated rings. The van der Waals surface area contributed by atoms with Crippen LogP contribution < -0.4 is 5.32 Å². The summed E-state index contributed by atoms with van der Waals surface area (Å²) in [6.07, 6.45) is 2.63. The minimum atomic E-state index is -0.0740. The summed E-state index contributed by atoms with van der Waals surface area (Å²) in [5.41, 5.74) is 0. The number of amides is 2. The Hall–Kier alpha value is -1.06. The zero-order valence-electron chi connectivity index (χ0n) is 9.58. The second-order valence-electron chi connectivity index (χ2n) is 4.30. The second-order valence-corrected chi connectivity index (χ2v) is 4.30. The van der Waals surface area contributed by atoms with E-state index in [1.807, 2.05) is 4.90 Å². The first-order valence-electron chi connectivity index (χ1n) is 5.62. The molecule has 0 unspecified atom stereocenters. The van der Waals surface area contributed by atoms with Crippen LogP contribution in [0.15, 0.2) is 0 Å². The Bertz CT molecular complexity index is 233. The molecule has 15 heavy (non-hydrogen) atoms. The third-order valence-electron chi connectivity index (χ3n) is 2.85. The average Bonchev–Trinajstić information content (AvgIpc) is 2.18. The fourth-order valence-corrected chi connectivity index (χ4v) is 1.76. The van der Waals surface area contributed by atoms with Crippen molar-refractivity contribution in [3.05, 3.63) is 0 Å². The van der Waals surface area contributed by atoms with Crippen molar-refractivity contribution in [3.8, 4) is 0 Å². The van der Waals surface area contributed by atoms with E-state index < -0.39 is 0 Å². The number of carbonyl (C=O) groups is 2. The minimum absolute atomic E-state index is 0.0740. The zero-order chi connectivity index (χ0) is 11.3. The Balaban J connectivity index is 2.19. The molecule has 0 spiro atoms. The Morgan fingerprint density at radius 2 is 1.93 bits per heavy atom. The van der Waals surface area contributed by atoms with Gasteiger partial charge in [0.15, 0.2) is 0 Å². The number of likely N-dealkylation sites (tertiary alicyclic amines) is 1. The van der Waals surface area contributed by atoms with E-state index in [1.165, 1.54) is 6.92 Å². The summed E-state index contributed by atoms with van der Waals surface area (Å²) in [7, 11) is 0. The molecule has 1 N–H and O–H groups in total. The first-order valence-corrected chi connectivity index (χ1v) is 5.62. The highest BCUT2D eigenvalue weighted by atomic mass is 16.2. The van der Waals surface area contributed by atoms with Crippen molar-refractivity contribution in [2.24, 2.45) is 5.92 Å². The predicted octanol–water partition coefficient (Wildman–Crippen LogP) is 0.771.